The van der Waals surface area contributed by atoms with E-state index in [1.54, 1.807) is 19.1 Å². The lowest BCUT2D eigenvalue weighted by molar-refractivity contribution is -0.386. The number of methoxy groups -OCH3 is 1. The van der Waals surface area contributed by atoms with Crippen molar-refractivity contribution >= 4 is 28.9 Å². The standard InChI is InChI=1S/C15H14ClN3O5/c1-9-3-5-12(19(22)23)15(21)18(9)8-14(20)17-10-4-6-13(24-2)11(16)7-10/h3-7H,8H2,1-2H3,(H,17,20). The molecule has 0 saturated heterocycles. The Morgan fingerprint density at radius 1 is 1.38 bits per heavy atom. The summed E-state index contributed by atoms with van der Waals surface area (Å²) in [5, 5.41) is 13.7. The minimum atomic E-state index is -0.831. The van der Waals surface area contributed by atoms with E-state index in [4.69, 9.17) is 16.3 Å². The number of aryl methyl sites for hydroxylation is 1. The molecular weight excluding hydrogens is 338 g/mol. The van der Waals surface area contributed by atoms with Gasteiger partial charge in [0.1, 0.15) is 12.3 Å². The molecule has 1 heterocycles. The van der Waals surface area contributed by atoms with Gasteiger partial charge in [-0.2, -0.15) is 0 Å². The van der Waals surface area contributed by atoms with E-state index < -0.39 is 22.1 Å². The summed E-state index contributed by atoms with van der Waals surface area (Å²) in [6, 6.07) is 7.21. The second kappa shape index (κ2) is 7.14. The number of pyridine rings is 1. The first-order valence-electron chi connectivity index (χ1n) is 6.81. The molecule has 0 fully saturated rings. The number of nitrogens with one attached hydrogen (secondary N) is 1. The molecule has 0 aliphatic heterocycles. The number of carbonyl (C=O) groups excluding carboxylic acids is 1. The third-order valence-corrected chi connectivity index (χ3v) is 3.60. The summed E-state index contributed by atoms with van der Waals surface area (Å²) in [7, 11) is 1.47. The first-order valence-corrected chi connectivity index (χ1v) is 7.19. The lowest BCUT2D eigenvalue weighted by Crippen LogP contribution is -2.30. The van der Waals surface area contributed by atoms with E-state index in [1.807, 2.05) is 0 Å². The van der Waals surface area contributed by atoms with Crippen LogP contribution in [-0.4, -0.2) is 22.5 Å². The highest BCUT2D eigenvalue weighted by Crippen LogP contribution is 2.27. The van der Waals surface area contributed by atoms with Gasteiger partial charge in [-0.1, -0.05) is 11.6 Å². The number of aromatic nitrogens is 1. The number of nitrogens with zero attached hydrogens (tertiary/aromatic N) is 2. The van der Waals surface area contributed by atoms with Gasteiger partial charge in [0.15, 0.2) is 0 Å². The normalized spacial score (nSPS) is 10.3. The van der Waals surface area contributed by atoms with Crippen LogP contribution in [0.5, 0.6) is 5.75 Å². The predicted octanol–water partition coefficient (Wildman–Crippen LogP) is 2.37. The molecule has 0 aliphatic carbocycles. The van der Waals surface area contributed by atoms with E-state index in [0.717, 1.165) is 10.6 Å². The zero-order valence-electron chi connectivity index (χ0n) is 12.9. The molecule has 126 valence electrons. The molecule has 0 atom stereocenters. The summed E-state index contributed by atoms with van der Waals surface area (Å²) in [5.41, 5.74) is -0.556. The maximum atomic E-state index is 12.1. The number of rotatable bonds is 5. The van der Waals surface area contributed by atoms with Crippen LogP contribution in [0, 0.1) is 17.0 Å². The SMILES string of the molecule is COc1ccc(NC(=O)Cn2c(C)ccc([N+](=O)[O-])c2=O)cc1Cl. The van der Waals surface area contributed by atoms with Crippen molar-refractivity contribution < 1.29 is 14.5 Å². The Morgan fingerprint density at radius 3 is 2.67 bits per heavy atom. The van der Waals surface area contributed by atoms with Crippen molar-refractivity contribution in [1.29, 1.82) is 0 Å². The molecule has 8 nitrogen and oxygen atoms in total. The van der Waals surface area contributed by atoms with Gasteiger partial charge in [0.25, 0.3) is 0 Å². The van der Waals surface area contributed by atoms with E-state index in [1.165, 1.54) is 19.2 Å². The first kappa shape index (κ1) is 17.5. The largest absolute Gasteiger partial charge is 0.495 e. The van der Waals surface area contributed by atoms with Crippen LogP contribution in [0.25, 0.3) is 0 Å². The first-order chi connectivity index (χ1) is 11.3. The Morgan fingerprint density at radius 2 is 2.08 bits per heavy atom. The van der Waals surface area contributed by atoms with Gasteiger partial charge < -0.3 is 10.1 Å². The van der Waals surface area contributed by atoms with Crippen molar-refractivity contribution in [2.24, 2.45) is 0 Å². The number of hydrogen-bond acceptors (Lipinski definition) is 5. The molecule has 1 aromatic heterocycles. The minimum absolute atomic E-state index is 0.319. The van der Waals surface area contributed by atoms with Gasteiger partial charge in [0, 0.05) is 17.4 Å². The van der Waals surface area contributed by atoms with Gasteiger partial charge in [-0.05, 0) is 31.2 Å². The zero-order chi connectivity index (χ0) is 17.9. The number of nitro groups is 1. The molecule has 9 heteroatoms. The maximum absolute atomic E-state index is 12.1. The van der Waals surface area contributed by atoms with E-state index in [2.05, 4.69) is 5.32 Å². The van der Waals surface area contributed by atoms with Gasteiger partial charge >= 0.3 is 11.2 Å². The van der Waals surface area contributed by atoms with Crippen molar-refractivity contribution in [3.05, 3.63) is 61.5 Å². The Bertz CT molecular complexity index is 863. The number of carbonyl (C=O) groups is 1. The zero-order valence-corrected chi connectivity index (χ0v) is 13.7. The number of halogens is 1. The van der Waals surface area contributed by atoms with Gasteiger partial charge in [-0.25, -0.2) is 0 Å². The Hall–Kier alpha value is -2.87. The molecule has 2 rings (SSSR count). The maximum Gasteiger partial charge on any atom is 0.334 e. The fraction of sp³-hybridized carbons (Fsp3) is 0.200. The highest BCUT2D eigenvalue weighted by molar-refractivity contribution is 6.32. The Balaban J connectivity index is 2.21. The van der Waals surface area contributed by atoms with Crippen LogP contribution in [0.15, 0.2) is 35.1 Å². The summed E-state index contributed by atoms with van der Waals surface area (Å²) < 4.78 is 6.05. The van der Waals surface area contributed by atoms with Crippen molar-refractivity contribution in [3.8, 4) is 5.75 Å². The fourth-order valence-corrected chi connectivity index (χ4v) is 2.34. The van der Waals surface area contributed by atoms with Gasteiger partial charge in [-0.15, -0.1) is 0 Å². The van der Waals surface area contributed by atoms with E-state index in [9.17, 15) is 19.7 Å². The van der Waals surface area contributed by atoms with Gasteiger partial charge in [0.2, 0.25) is 5.91 Å². The van der Waals surface area contributed by atoms with Crippen LogP contribution < -0.4 is 15.6 Å². The molecule has 0 radical (unpaired) electrons. The van der Waals surface area contributed by atoms with Crippen LogP contribution in [0.4, 0.5) is 11.4 Å². The molecule has 1 aromatic carbocycles. The molecule has 2 aromatic rings. The van der Waals surface area contributed by atoms with Crippen LogP contribution in [0.3, 0.4) is 0 Å². The quantitative estimate of drug-likeness (QED) is 0.657. The topological polar surface area (TPSA) is 103 Å². The number of hydrogen-bond donors (Lipinski definition) is 1. The highest BCUT2D eigenvalue weighted by Gasteiger charge is 2.17. The summed E-state index contributed by atoms with van der Waals surface area (Å²) >= 11 is 5.97. The molecule has 0 bridgehead atoms. The van der Waals surface area contributed by atoms with Crippen molar-refractivity contribution in [3.63, 3.8) is 0 Å². The molecule has 0 aliphatic rings. The lowest BCUT2D eigenvalue weighted by atomic mass is 10.3. The number of benzene rings is 1. The second-order valence-electron chi connectivity index (χ2n) is 4.91. The van der Waals surface area contributed by atoms with E-state index in [-0.39, 0.29) is 6.54 Å². The fourth-order valence-electron chi connectivity index (χ4n) is 2.08. The molecule has 1 N–H and O–H groups in total. The van der Waals surface area contributed by atoms with Crippen LogP contribution in [0.2, 0.25) is 5.02 Å². The van der Waals surface area contributed by atoms with Crippen molar-refractivity contribution in [2.45, 2.75) is 13.5 Å². The summed E-state index contributed by atoms with van der Waals surface area (Å²) in [4.78, 5) is 34.2. The molecule has 24 heavy (non-hydrogen) atoms. The average molecular weight is 352 g/mol. The second-order valence-corrected chi connectivity index (χ2v) is 5.31. The summed E-state index contributed by atoms with van der Waals surface area (Å²) in [6.45, 7) is 1.23. The number of anilines is 1. The molecular formula is C15H14ClN3O5. The Kier molecular flexibility index (Phi) is 5.20. The van der Waals surface area contributed by atoms with Crippen molar-refractivity contribution in [1.82, 2.24) is 4.57 Å². The van der Waals surface area contributed by atoms with Crippen LogP contribution >= 0.6 is 11.6 Å². The minimum Gasteiger partial charge on any atom is -0.495 e. The monoisotopic (exact) mass is 351 g/mol. The number of amides is 1. The molecule has 0 spiro atoms. The van der Waals surface area contributed by atoms with Crippen molar-refractivity contribution in [2.75, 3.05) is 12.4 Å². The molecule has 1 amide bonds. The predicted molar refractivity (Wildman–Crippen MR) is 88.7 cm³/mol. The lowest BCUT2D eigenvalue weighted by Gasteiger charge is -2.11. The van der Waals surface area contributed by atoms with Gasteiger partial charge in [0.05, 0.1) is 17.1 Å². The summed E-state index contributed by atoms with van der Waals surface area (Å²) in [6.07, 6.45) is 0. The number of ether oxygens (including phenoxy) is 1. The summed E-state index contributed by atoms with van der Waals surface area (Å²) in [5.74, 6) is -0.0534. The van der Waals surface area contributed by atoms with E-state index >= 15 is 0 Å². The highest BCUT2D eigenvalue weighted by atomic mass is 35.5. The van der Waals surface area contributed by atoms with Crippen LogP contribution in [0.1, 0.15) is 5.69 Å². The smallest absolute Gasteiger partial charge is 0.334 e. The van der Waals surface area contributed by atoms with Gasteiger partial charge in [-0.3, -0.25) is 24.3 Å². The average Bonchev–Trinajstić information content (AvgIpc) is 2.51. The van der Waals surface area contributed by atoms with E-state index in [0.29, 0.717) is 22.2 Å². The van der Waals surface area contributed by atoms with Crippen LogP contribution in [-0.2, 0) is 11.3 Å². The molecule has 0 unspecified atom stereocenters. The Labute approximate surface area is 141 Å². The third kappa shape index (κ3) is 3.72. The molecule has 0 saturated carbocycles. The third-order valence-electron chi connectivity index (χ3n) is 3.31.